The second kappa shape index (κ2) is 5.20. The van der Waals surface area contributed by atoms with Crippen LogP contribution in [0.4, 0.5) is 0 Å². The summed E-state index contributed by atoms with van der Waals surface area (Å²) in [6.45, 7) is 5.14. The number of piperidine rings is 1. The van der Waals surface area contributed by atoms with Crippen LogP contribution in [0.5, 0.6) is 0 Å². The van der Waals surface area contributed by atoms with Crippen LogP contribution in [-0.2, 0) is 4.79 Å². The lowest BCUT2D eigenvalue weighted by Gasteiger charge is -2.30. The number of amides is 1. The Kier molecular flexibility index (Phi) is 3.60. The highest BCUT2D eigenvalue weighted by molar-refractivity contribution is 5.78. The van der Waals surface area contributed by atoms with E-state index in [0.717, 1.165) is 30.8 Å². The summed E-state index contributed by atoms with van der Waals surface area (Å²) in [5, 5.41) is 3.29. The summed E-state index contributed by atoms with van der Waals surface area (Å²) in [5.41, 5.74) is 0. The molecule has 1 aliphatic heterocycles. The summed E-state index contributed by atoms with van der Waals surface area (Å²) in [6.07, 6.45) is 7.86. The first-order valence-corrected chi connectivity index (χ1v) is 7.72. The Morgan fingerprint density at radius 1 is 1.17 bits per heavy atom. The molecule has 3 heteroatoms. The van der Waals surface area contributed by atoms with E-state index in [0.29, 0.717) is 12.6 Å². The third-order valence-corrected chi connectivity index (χ3v) is 5.33. The molecule has 3 nitrogen and oxygen atoms in total. The van der Waals surface area contributed by atoms with Gasteiger partial charge in [-0.05, 0) is 62.9 Å². The van der Waals surface area contributed by atoms with Gasteiger partial charge in [0.05, 0.1) is 6.54 Å². The number of hydrogen-bond acceptors (Lipinski definition) is 2. The highest BCUT2D eigenvalue weighted by Crippen LogP contribution is 2.44. The number of hydrogen-bond donors (Lipinski definition) is 1. The van der Waals surface area contributed by atoms with E-state index >= 15 is 0 Å². The van der Waals surface area contributed by atoms with Crippen molar-refractivity contribution in [2.24, 2.45) is 17.8 Å². The van der Waals surface area contributed by atoms with Crippen LogP contribution in [0.3, 0.4) is 0 Å². The summed E-state index contributed by atoms with van der Waals surface area (Å²) in [5.74, 6) is 2.81. The van der Waals surface area contributed by atoms with Gasteiger partial charge in [0.25, 0.3) is 0 Å². The van der Waals surface area contributed by atoms with Gasteiger partial charge in [-0.3, -0.25) is 9.69 Å². The molecular weight excluding hydrogens is 224 g/mol. The van der Waals surface area contributed by atoms with E-state index in [4.69, 9.17) is 0 Å². The van der Waals surface area contributed by atoms with Crippen molar-refractivity contribution >= 4 is 5.91 Å². The van der Waals surface area contributed by atoms with Gasteiger partial charge in [0.15, 0.2) is 0 Å². The maximum absolute atomic E-state index is 12.1. The monoisotopic (exact) mass is 250 g/mol. The Bertz CT molecular complexity index is 310. The van der Waals surface area contributed by atoms with E-state index in [1.165, 1.54) is 38.5 Å². The fourth-order valence-electron chi connectivity index (χ4n) is 4.10. The van der Waals surface area contributed by atoms with Crippen LogP contribution >= 0.6 is 0 Å². The molecule has 18 heavy (non-hydrogen) atoms. The van der Waals surface area contributed by atoms with Crippen LogP contribution in [0, 0.1) is 17.8 Å². The summed E-state index contributed by atoms with van der Waals surface area (Å²) >= 11 is 0. The standard InChI is InChI=1S/C15H26N2O/c1-11-4-6-17(7-5-11)10-15(18)16-14-9-12-2-3-13(14)8-12/h11-14H,2-10H2,1H3,(H,16,18)/t12-,13-,14-/m0/s1. The Hall–Kier alpha value is -0.570. The van der Waals surface area contributed by atoms with Gasteiger partial charge < -0.3 is 5.32 Å². The second-order valence-electron chi connectivity index (χ2n) is 6.81. The third kappa shape index (κ3) is 2.71. The van der Waals surface area contributed by atoms with Crippen LogP contribution in [0.25, 0.3) is 0 Å². The molecule has 1 N–H and O–H groups in total. The highest BCUT2D eigenvalue weighted by Gasteiger charge is 2.40. The Morgan fingerprint density at radius 3 is 2.56 bits per heavy atom. The number of rotatable bonds is 3. The largest absolute Gasteiger partial charge is 0.352 e. The third-order valence-electron chi connectivity index (χ3n) is 5.33. The smallest absolute Gasteiger partial charge is 0.234 e. The van der Waals surface area contributed by atoms with E-state index in [9.17, 15) is 4.79 Å². The molecule has 3 atom stereocenters. The molecule has 2 aliphatic carbocycles. The lowest BCUT2D eigenvalue weighted by molar-refractivity contribution is -0.123. The molecular formula is C15H26N2O. The maximum atomic E-state index is 12.1. The van der Waals surface area contributed by atoms with Crippen LogP contribution < -0.4 is 5.32 Å². The highest BCUT2D eigenvalue weighted by atomic mass is 16.2. The molecule has 1 heterocycles. The Balaban J connectivity index is 1.42. The molecule has 2 saturated carbocycles. The Labute approximate surface area is 110 Å². The average molecular weight is 250 g/mol. The van der Waals surface area contributed by atoms with Crippen molar-refractivity contribution in [2.75, 3.05) is 19.6 Å². The molecule has 0 aromatic heterocycles. The molecule has 0 radical (unpaired) electrons. The lowest BCUT2D eigenvalue weighted by atomic mass is 9.95. The van der Waals surface area contributed by atoms with E-state index < -0.39 is 0 Å². The van der Waals surface area contributed by atoms with Crippen LogP contribution in [-0.4, -0.2) is 36.5 Å². The molecule has 1 amide bonds. The minimum absolute atomic E-state index is 0.266. The first kappa shape index (κ1) is 12.5. The van der Waals surface area contributed by atoms with Gasteiger partial charge in [-0.1, -0.05) is 13.3 Å². The van der Waals surface area contributed by atoms with Crippen molar-refractivity contribution in [2.45, 2.75) is 51.5 Å². The van der Waals surface area contributed by atoms with Crippen LogP contribution in [0.2, 0.25) is 0 Å². The molecule has 0 unspecified atom stereocenters. The number of nitrogens with one attached hydrogen (secondary N) is 1. The zero-order valence-electron chi connectivity index (χ0n) is 11.5. The van der Waals surface area contributed by atoms with Crippen molar-refractivity contribution in [3.63, 3.8) is 0 Å². The minimum atomic E-state index is 0.266. The molecule has 3 rings (SSSR count). The molecule has 3 fully saturated rings. The molecule has 3 aliphatic rings. The van der Waals surface area contributed by atoms with Crippen LogP contribution in [0.15, 0.2) is 0 Å². The van der Waals surface area contributed by atoms with E-state index in [1.54, 1.807) is 0 Å². The molecule has 102 valence electrons. The van der Waals surface area contributed by atoms with Gasteiger partial charge in [-0.2, -0.15) is 0 Å². The number of carbonyl (C=O) groups excluding carboxylic acids is 1. The molecule has 1 saturated heterocycles. The van der Waals surface area contributed by atoms with Gasteiger partial charge in [0.1, 0.15) is 0 Å². The summed E-state index contributed by atoms with van der Waals surface area (Å²) in [7, 11) is 0. The molecule has 0 aromatic rings. The predicted octanol–water partition coefficient (Wildman–Crippen LogP) is 2.02. The van der Waals surface area contributed by atoms with Crippen LogP contribution in [0.1, 0.15) is 45.4 Å². The van der Waals surface area contributed by atoms with Gasteiger partial charge in [0.2, 0.25) is 5.91 Å². The second-order valence-corrected chi connectivity index (χ2v) is 6.81. The zero-order valence-corrected chi connectivity index (χ0v) is 11.5. The van der Waals surface area contributed by atoms with E-state index in [1.807, 2.05) is 0 Å². The number of carbonyl (C=O) groups is 1. The van der Waals surface area contributed by atoms with Gasteiger partial charge in [-0.15, -0.1) is 0 Å². The SMILES string of the molecule is CC1CCN(CC(=O)N[C@H]2C[C@H]3CC[C@H]2C3)CC1. The summed E-state index contributed by atoms with van der Waals surface area (Å²) < 4.78 is 0. The average Bonchev–Trinajstić information content (AvgIpc) is 2.94. The molecule has 2 bridgehead atoms. The number of nitrogens with zero attached hydrogens (tertiary/aromatic N) is 1. The van der Waals surface area contributed by atoms with Crippen molar-refractivity contribution < 1.29 is 4.79 Å². The number of likely N-dealkylation sites (tertiary alicyclic amines) is 1. The van der Waals surface area contributed by atoms with Gasteiger partial charge >= 0.3 is 0 Å². The molecule has 0 spiro atoms. The molecule has 0 aromatic carbocycles. The summed E-state index contributed by atoms with van der Waals surface area (Å²) in [6, 6.07) is 0.500. The quantitative estimate of drug-likeness (QED) is 0.831. The fraction of sp³-hybridized carbons (Fsp3) is 0.933. The summed E-state index contributed by atoms with van der Waals surface area (Å²) in [4.78, 5) is 14.4. The lowest BCUT2D eigenvalue weighted by Crippen LogP contribution is -2.45. The normalized spacial score (nSPS) is 37.1. The number of fused-ring (bicyclic) bond motifs is 2. The van der Waals surface area contributed by atoms with Gasteiger partial charge in [0, 0.05) is 6.04 Å². The Morgan fingerprint density at radius 2 is 1.94 bits per heavy atom. The van der Waals surface area contributed by atoms with E-state index in [-0.39, 0.29) is 5.91 Å². The zero-order chi connectivity index (χ0) is 12.5. The van der Waals surface area contributed by atoms with Crippen molar-refractivity contribution in [1.29, 1.82) is 0 Å². The van der Waals surface area contributed by atoms with E-state index in [2.05, 4.69) is 17.1 Å². The van der Waals surface area contributed by atoms with Gasteiger partial charge in [-0.25, -0.2) is 0 Å². The van der Waals surface area contributed by atoms with Crippen molar-refractivity contribution in [3.05, 3.63) is 0 Å². The predicted molar refractivity (Wildman–Crippen MR) is 72.2 cm³/mol. The van der Waals surface area contributed by atoms with Crippen molar-refractivity contribution in [3.8, 4) is 0 Å². The first-order valence-electron chi connectivity index (χ1n) is 7.72. The topological polar surface area (TPSA) is 32.3 Å². The first-order chi connectivity index (χ1) is 8.70. The maximum Gasteiger partial charge on any atom is 0.234 e. The minimum Gasteiger partial charge on any atom is -0.352 e. The fourth-order valence-corrected chi connectivity index (χ4v) is 4.10. The van der Waals surface area contributed by atoms with Crippen molar-refractivity contribution in [1.82, 2.24) is 10.2 Å².